The average molecular weight is 466 g/mol. The predicted molar refractivity (Wildman–Crippen MR) is 131 cm³/mol. The Kier molecular flexibility index (Phi) is 6.38. The molecule has 3 aromatic rings. The Labute approximate surface area is 198 Å². The molecule has 0 atom stereocenters. The number of rotatable bonds is 5. The van der Waals surface area contributed by atoms with Gasteiger partial charge in [0.05, 0.1) is 0 Å². The highest BCUT2D eigenvalue weighted by Gasteiger charge is 2.32. The molecule has 2 fully saturated rings. The first-order valence-electron chi connectivity index (χ1n) is 11.7. The fourth-order valence-corrected chi connectivity index (χ4v) is 5.21. The summed E-state index contributed by atoms with van der Waals surface area (Å²) >= 11 is 5.94. The van der Waals surface area contributed by atoms with Crippen LogP contribution in [0.4, 0.5) is 11.4 Å². The number of hydrogen-bond donors (Lipinski definition) is 2. The lowest BCUT2D eigenvalue weighted by Crippen LogP contribution is -2.38. The second-order valence-corrected chi connectivity index (χ2v) is 9.44. The van der Waals surface area contributed by atoms with Gasteiger partial charge in [-0.25, -0.2) is 0 Å². The van der Waals surface area contributed by atoms with Crippen molar-refractivity contribution in [2.24, 2.45) is 5.92 Å². The van der Waals surface area contributed by atoms with E-state index in [0.717, 1.165) is 31.1 Å². The second-order valence-electron chi connectivity index (χ2n) is 9.00. The van der Waals surface area contributed by atoms with Gasteiger partial charge in [-0.2, -0.15) is 0 Å². The molecule has 1 saturated heterocycles. The molecular formula is C26H28ClN3O3. The molecule has 1 aliphatic carbocycles. The van der Waals surface area contributed by atoms with E-state index in [4.69, 9.17) is 16.0 Å². The van der Waals surface area contributed by atoms with E-state index in [0.29, 0.717) is 28.0 Å². The van der Waals surface area contributed by atoms with E-state index in [1.807, 2.05) is 18.2 Å². The van der Waals surface area contributed by atoms with Crippen LogP contribution in [0.1, 0.15) is 49.1 Å². The third kappa shape index (κ3) is 4.77. The van der Waals surface area contributed by atoms with Crippen LogP contribution in [0.5, 0.6) is 0 Å². The van der Waals surface area contributed by atoms with Crippen LogP contribution in [-0.2, 0) is 4.79 Å². The lowest BCUT2D eigenvalue weighted by molar-refractivity contribution is -0.121. The summed E-state index contributed by atoms with van der Waals surface area (Å²) < 4.78 is 5.87. The Hall–Kier alpha value is -2.83. The molecule has 0 spiro atoms. The van der Waals surface area contributed by atoms with E-state index < -0.39 is 5.91 Å². The van der Waals surface area contributed by atoms with Crippen LogP contribution in [0.2, 0.25) is 5.02 Å². The van der Waals surface area contributed by atoms with Gasteiger partial charge in [-0.15, -0.1) is 0 Å². The van der Waals surface area contributed by atoms with Crippen molar-refractivity contribution >= 4 is 45.8 Å². The number of nitrogens with one attached hydrogen (secondary N) is 2. The lowest BCUT2D eigenvalue weighted by atomic mass is 9.84. The van der Waals surface area contributed by atoms with Crippen molar-refractivity contribution in [1.82, 2.24) is 4.90 Å². The highest BCUT2D eigenvalue weighted by molar-refractivity contribution is 6.30. The number of halogens is 1. The van der Waals surface area contributed by atoms with Crippen molar-refractivity contribution in [3.63, 3.8) is 0 Å². The normalized spacial score (nSPS) is 21.2. The zero-order valence-corrected chi connectivity index (χ0v) is 19.2. The Balaban J connectivity index is 1.32. The number of furan rings is 1. The molecule has 0 unspecified atom stereocenters. The molecule has 172 valence electrons. The molecule has 0 bridgehead atoms. The van der Waals surface area contributed by atoms with Crippen molar-refractivity contribution in [3.8, 4) is 0 Å². The van der Waals surface area contributed by atoms with Gasteiger partial charge in [-0.1, -0.05) is 23.7 Å². The maximum Gasteiger partial charge on any atom is 0.293 e. The van der Waals surface area contributed by atoms with Crippen molar-refractivity contribution in [3.05, 3.63) is 59.3 Å². The fourth-order valence-electron chi connectivity index (χ4n) is 5.09. The highest BCUT2D eigenvalue weighted by Crippen LogP contribution is 2.34. The zero-order chi connectivity index (χ0) is 22.8. The lowest BCUT2D eigenvalue weighted by Gasteiger charge is -2.33. The third-order valence-electron chi connectivity index (χ3n) is 6.88. The summed E-state index contributed by atoms with van der Waals surface area (Å²) in [4.78, 5) is 28.8. The number of fused-ring (bicyclic) bond motifs is 1. The van der Waals surface area contributed by atoms with Crippen LogP contribution in [0.15, 0.2) is 52.9 Å². The standard InChI is InChI=1S/C26H28ClN3O3/c27-18-9-11-19(12-10-18)28-26(32)24-23(21-5-1-2-6-22(21)33-24)29-25(31)17-7-13-20(14-8-17)30-15-3-4-16-30/h1-2,5-6,9-12,17,20H,3-4,7-8,13-16H2,(H,28,32)(H,29,31)/t17-,20-. The van der Waals surface area contributed by atoms with Crippen molar-refractivity contribution < 1.29 is 14.0 Å². The monoisotopic (exact) mass is 465 g/mol. The molecule has 2 amide bonds. The van der Waals surface area contributed by atoms with E-state index in [-0.39, 0.29) is 17.6 Å². The molecule has 1 saturated carbocycles. The quantitative estimate of drug-likeness (QED) is 0.489. The van der Waals surface area contributed by atoms with E-state index in [1.54, 1.807) is 30.3 Å². The molecule has 5 rings (SSSR count). The number of para-hydroxylation sites is 1. The molecule has 2 N–H and O–H groups in total. The largest absolute Gasteiger partial charge is 0.449 e. The maximum atomic E-state index is 13.2. The number of benzene rings is 2. The summed E-state index contributed by atoms with van der Waals surface area (Å²) in [5.74, 6) is -0.404. The van der Waals surface area contributed by atoms with E-state index >= 15 is 0 Å². The van der Waals surface area contributed by atoms with E-state index in [9.17, 15) is 9.59 Å². The van der Waals surface area contributed by atoms with Gasteiger partial charge in [0.15, 0.2) is 0 Å². The first-order chi connectivity index (χ1) is 16.1. The summed E-state index contributed by atoms with van der Waals surface area (Å²) in [5, 5.41) is 7.17. The molecular weight excluding hydrogens is 438 g/mol. The van der Waals surface area contributed by atoms with Crippen molar-refractivity contribution in [1.29, 1.82) is 0 Å². The number of nitrogens with zero attached hydrogens (tertiary/aromatic N) is 1. The summed E-state index contributed by atoms with van der Waals surface area (Å²) in [6, 6.07) is 14.8. The molecule has 1 aromatic heterocycles. The molecule has 2 aliphatic rings. The van der Waals surface area contributed by atoms with Gasteiger partial charge in [0.1, 0.15) is 11.3 Å². The van der Waals surface area contributed by atoms with Crippen molar-refractivity contribution in [2.75, 3.05) is 23.7 Å². The van der Waals surface area contributed by atoms with Crippen LogP contribution in [-0.4, -0.2) is 35.8 Å². The Bertz CT molecular complexity index is 1140. The number of carbonyl (C=O) groups is 2. The summed E-state index contributed by atoms with van der Waals surface area (Å²) in [6.07, 6.45) is 6.41. The minimum Gasteiger partial charge on any atom is -0.449 e. The van der Waals surface area contributed by atoms with Gasteiger partial charge in [0, 0.05) is 28.1 Å². The highest BCUT2D eigenvalue weighted by atomic mass is 35.5. The molecule has 33 heavy (non-hydrogen) atoms. The number of hydrogen-bond acceptors (Lipinski definition) is 4. The number of likely N-dealkylation sites (tertiary alicyclic amines) is 1. The molecule has 2 aromatic carbocycles. The number of amides is 2. The van der Waals surface area contributed by atoms with Gasteiger partial charge in [-0.05, 0) is 88.0 Å². The average Bonchev–Trinajstić information content (AvgIpc) is 3.50. The minimum absolute atomic E-state index is 0.0398. The second kappa shape index (κ2) is 9.57. The minimum atomic E-state index is -0.415. The summed E-state index contributed by atoms with van der Waals surface area (Å²) in [6.45, 7) is 2.38. The first-order valence-corrected chi connectivity index (χ1v) is 12.1. The van der Waals surface area contributed by atoms with Crippen LogP contribution >= 0.6 is 11.6 Å². The van der Waals surface area contributed by atoms with Gasteiger partial charge < -0.3 is 20.0 Å². The maximum absolute atomic E-state index is 13.2. The summed E-state index contributed by atoms with van der Waals surface area (Å²) in [5.41, 5.74) is 1.60. The van der Waals surface area contributed by atoms with Crippen molar-refractivity contribution in [2.45, 2.75) is 44.6 Å². The SMILES string of the molecule is O=C(Nc1ccc(Cl)cc1)c1oc2ccccc2c1NC(=O)[C@H]1CC[C@H](N2CCCC2)CC1. The van der Waals surface area contributed by atoms with Crippen LogP contribution in [0.25, 0.3) is 11.0 Å². The van der Waals surface area contributed by atoms with Crippen LogP contribution in [0.3, 0.4) is 0 Å². The zero-order valence-electron chi connectivity index (χ0n) is 18.5. The molecule has 6 nitrogen and oxygen atoms in total. The summed E-state index contributed by atoms with van der Waals surface area (Å²) in [7, 11) is 0. The smallest absolute Gasteiger partial charge is 0.293 e. The van der Waals surface area contributed by atoms with E-state index in [2.05, 4.69) is 15.5 Å². The fraction of sp³-hybridized carbons (Fsp3) is 0.385. The van der Waals surface area contributed by atoms with Gasteiger partial charge >= 0.3 is 0 Å². The van der Waals surface area contributed by atoms with Gasteiger partial charge in [-0.3, -0.25) is 9.59 Å². The molecule has 0 radical (unpaired) electrons. The van der Waals surface area contributed by atoms with Crippen LogP contribution in [0, 0.1) is 5.92 Å². The first kappa shape index (κ1) is 22.0. The van der Waals surface area contributed by atoms with E-state index in [1.165, 1.54) is 25.9 Å². The number of carbonyl (C=O) groups excluding carboxylic acids is 2. The molecule has 7 heteroatoms. The molecule has 2 heterocycles. The Morgan fingerprint density at radius 2 is 1.61 bits per heavy atom. The van der Waals surface area contributed by atoms with Gasteiger partial charge in [0.2, 0.25) is 11.7 Å². The number of anilines is 2. The third-order valence-corrected chi connectivity index (χ3v) is 7.13. The topological polar surface area (TPSA) is 74.6 Å². The predicted octanol–water partition coefficient (Wildman–Crippen LogP) is 5.93. The van der Waals surface area contributed by atoms with Crippen LogP contribution < -0.4 is 10.6 Å². The Morgan fingerprint density at radius 3 is 2.33 bits per heavy atom. The van der Waals surface area contributed by atoms with Gasteiger partial charge in [0.25, 0.3) is 5.91 Å². The Morgan fingerprint density at radius 1 is 0.909 bits per heavy atom. The molecule has 1 aliphatic heterocycles.